The van der Waals surface area contributed by atoms with Crippen molar-refractivity contribution in [2.24, 2.45) is 0 Å². The van der Waals surface area contributed by atoms with Crippen LogP contribution in [0.15, 0.2) is 60.8 Å². The lowest BCUT2D eigenvalue weighted by molar-refractivity contribution is 0.111. The quantitative estimate of drug-likeness (QED) is 0.406. The van der Waals surface area contributed by atoms with E-state index in [0.717, 1.165) is 39.4 Å². The van der Waals surface area contributed by atoms with Crippen LogP contribution in [0, 0.1) is 0 Å². The number of carbonyl (C=O) groups is 1. The summed E-state index contributed by atoms with van der Waals surface area (Å²) in [5, 5.41) is 0. The number of rotatable bonds is 5. The van der Waals surface area contributed by atoms with Gasteiger partial charge in [0.05, 0.1) is 4.88 Å². The first kappa shape index (κ1) is 16.7. The van der Waals surface area contributed by atoms with Gasteiger partial charge in [-0.1, -0.05) is 79.8 Å². The molecule has 0 aliphatic rings. The Bertz CT molecular complexity index is 1050. The number of aldehydes is 1. The normalized spacial score (nSPS) is 12.4. The number of hydrogen-bond donors (Lipinski definition) is 0. The van der Waals surface area contributed by atoms with Crippen LogP contribution in [-0.4, -0.2) is 15.7 Å². The average molecular weight is 360 g/mol. The topological polar surface area (TPSA) is 34.4 Å². The van der Waals surface area contributed by atoms with Gasteiger partial charge in [0, 0.05) is 11.8 Å². The zero-order valence-electron chi connectivity index (χ0n) is 14.8. The van der Waals surface area contributed by atoms with Crippen LogP contribution in [0.3, 0.4) is 0 Å². The van der Waals surface area contributed by atoms with Gasteiger partial charge in [-0.3, -0.25) is 9.20 Å². The second kappa shape index (κ2) is 6.89. The number of hydrogen-bond acceptors (Lipinski definition) is 3. The van der Waals surface area contributed by atoms with E-state index in [1.807, 2.05) is 28.8 Å². The summed E-state index contributed by atoms with van der Waals surface area (Å²) in [5.74, 6) is 0.536. The minimum absolute atomic E-state index is 0.536. The van der Waals surface area contributed by atoms with Crippen LogP contribution in [0.5, 0.6) is 0 Å². The second-order valence-corrected chi connectivity index (χ2v) is 7.52. The summed E-state index contributed by atoms with van der Waals surface area (Å²) in [5.41, 5.74) is 4.79. The largest absolute Gasteiger partial charge is 0.296 e. The van der Waals surface area contributed by atoms with Gasteiger partial charge >= 0.3 is 0 Å². The monoisotopic (exact) mass is 360 g/mol. The number of nitrogens with zero attached hydrogens (tertiary/aromatic N) is 2. The lowest BCUT2D eigenvalue weighted by Crippen LogP contribution is -1.93. The van der Waals surface area contributed by atoms with E-state index < -0.39 is 0 Å². The van der Waals surface area contributed by atoms with E-state index in [0.29, 0.717) is 11.6 Å². The fraction of sp³-hybridized carbons (Fsp3) is 0.182. The molecular weight excluding hydrogens is 340 g/mol. The van der Waals surface area contributed by atoms with Gasteiger partial charge in [-0.2, -0.15) is 0 Å². The predicted octanol–water partition coefficient (Wildman–Crippen LogP) is 6.06. The van der Waals surface area contributed by atoms with E-state index in [4.69, 9.17) is 4.98 Å². The number of aromatic nitrogens is 2. The van der Waals surface area contributed by atoms with Crippen molar-refractivity contribution in [2.45, 2.75) is 26.2 Å². The summed E-state index contributed by atoms with van der Waals surface area (Å²) in [7, 11) is 0. The summed E-state index contributed by atoms with van der Waals surface area (Å²) in [6.45, 7) is 4.42. The van der Waals surface area contributed by atoms with E-state index in [2.05, 4.69) is 50.2 Å². The average Bonchev–Trinajstić information content (AvgIpc) is 3.26. The Morgan fingerprint density at radius 2 is 1.81 bits per heavy atom. The summed E-state index contributed by atoms with van der Waals surface area (Å²) >= 11 is 1.60. The first-order valence-electron chi connectivity index (χ1n) is 8.84. The van der Waals surface area contributed by atoms with Crippen LogP contribution in [0.2, 0.25) is 0 Å². The summed E-state index contributed by atoms with van der Waals surface area (Å²) in [4.78, 5) is 18.5. The van der Waals surface area contributed by atoms with E-state index in [9.17, 15) is 4.79 Å². The highest BCUT2D eigenvalue weighted by atomic mass is 32.1. The molecule has 2 heterocycles. The van der Waals surface area contributed by atoms with E-state index in [1.165, 1.54) is 5.56 Å². The lowest BCUT2D eigenvalue weighted by Gasteiger charge is -2.09. The van der Waals surface area contributed by atoms with Gasteiger partial charge in [-0.05, 0) is 23.5 Å². The van der Waals surface area contributed by atoms with Crippen molar-refractivity contribution in [3.05, 3.63) is 72.1 Å². The second-order valence-electron chi connectivity index (χ2n) is 6.51. The molecule has 4 rings (SSSR count). The highest BCUT2D eigenvalue weighted by Crippen LogP contribution is 2.33. The molecule has 2 aromatic carbocycles. The van der Waals surface area contributed by atoms with Crippen molar-refractivity contribution in [3.8, 4) is 21.7 Å². The fourth-order valence-corrected chi connectivity index (χ4v) is 4.12. The van der Waals surface area contributed by atoms with Crippen LogP contribution in [0.1, 0.15) is 42.2 Å². The maximum atomic E-state index is 11.8. The SMILES string of the molecule is CCC(C)c1ccc(-c2nc3sc(-c4ccccc4)cn3c2C=O)cc1. The third kappa shape index (κ3) is 2.86. The number of fused-ring (bicyclic) bond motifs is 1. The Morgan fingerprint density at radius 1 is 1.08 bits per heavy atom. The van der Waals surface area contributed by atoms with Crippen molar-refractivity contribution in [1.82, 2.24) is 9.38 Å². The number of benzene rings is 2. The third-order valence-corrected chi connectivity index (χ3v) is 5.93. The highest BCUT2D eigenvalue weighted by Gasteiger charge is 2.17. The minimum atomic E-state index is 0.536. The number of carbonyl (C=O) groups excluding carboxylic acids is 1. The Labute approximate surface area is 157 Å². The molecule has 0 saturated carbocycles. The number of imidazole rings is 1. The van der Waals surface area contributed by atoms with Crippen molar-refractivity contribution in [2.75, 3.05) is 0 Å². The Balaban J connectivity index is 1.77. The summed E-state index contributed by atoms with van der Waals surface area (Å²) in [6, 6.07) is 18.6. The molecule has 0 fully saturated rings. The van der Waals surface area contributed by atoms with E-state index in [-0.39, 0.29) is 0 Å². The lowest BCUT2D eigenvalue weighted by atomic mass is 9.97. The van der Waals surface area contributed by atoms with E-state index in [1.54, 1.807) is 11.3 Å². The number of thiazole rings is 1. The maximum absolute atomic E-state index is 11.8. The first-order valence-corrected chi connectivity index (χ1v) is 9.65. The zero-order chi connectivity index (χ0) is 18.1. The van der Waals surface area contributed by atoms with Gasteiger partial charge in [0.15, 0.2) is 11.2 Å². The molecule has 0 spiro atoms. The predicted molar refractivity (Wildman–Crippen MR) is 108 cm³/mol. The molecule has 0 amide bonds. The molecule has 4 heteroatoms. The Morgan fingerprint density at radius 3 is 2.46 bits per heavy atom. The molecule has 0 saturated heterocycles. The molecule has 0 aliphatic heterocycles. The molecular formula is C22H20N2OS. The molecule has 4 aromatic rings. The molecule has 0 radical (unpaired) electrons. The molecule has 0 bridgehead atoms. The molecule has 26 heavy (non-hydrogen) atoms. The van der Waals surface area contributed by atoms with Crippen molar-refractivity contribution >= 4 is 22.6 Å². The molecule has 130 valence electrons. The van der Waals surface area contributed by atoms with Crippen LogP contribution in [0.4, 0.5) is 0 Å². The van der Waals surface area contributed by atoms with Gasteiger partial charge in [-0.25, -0.2) is 4.98 Å². The van der Waals surface area contributed by atoms with Crippen LogP contribution in [0.25, 0.3) is 26.7 Å². The molecule has 2 aromatic heterocycles. The highest BCUT2D eigenvalue weighted by molar-refractivity contribution is 7.20. The summed E-state index contributed by atoms with van der Waals surface area (Å²) in [6.07, 6.45) is 4.02. The maximum Gasteiger partial charge on any atom is 0.195 e. The molecule has 3 nitrogen and oxygen atoms in total. The van der Waals surface area contributed by atoms with E-state index >= 15 is 0 Å². The zero-order valence-corrected chi connectivity index (χ0v) is 15.7. The van der Waals surface area contributed by atoms with Gasteiger partial charge in [0.25, 0.3) is 0 Å². The van der Waals surface area contributed by atoms with Crippen LogP contribution < -0.4 is 0 Å². The van der Waals surface area contributed by atoms with Gasteiger partial charge in [0.2, 0.25) is 0 Å². The standard InChI is InChI=1S/C22H20N2OS/c1-3-15(2)16-9-11-18(12-10-16)21-19(14-25)24-13-20(26-22(24)23-21)17-7-5-4-6-8-17/h4-15H,3H2,1-2H3. The Hall–Kier alpha value is -2.72. The fourth-order valence-electron chi connectivity index (χ4n) is 3.13. The van der Waals surface area contributed by atoms with Gasteiger partial charge in [-0.15, -0.1) is 0 Å². The Kier molecular flexibility index (Phi) is 4.43. The van der Waals surface area contributed by atoms with Crippen LogP contribution in [-0.2, 0) is 0 Å². The minimum Gasteiger partial charge on any atom is -0.296 e. The molecule has 1 unspecified atom stereocenters. The van der Waals surface area contributed by atoms with Crippen LogP contribution >= 0.6 is 11.3 Å². The molecule has 0 aliphatic carbocycles. The third-order valence-electron chi connectivity index (χ3n) is 4.90. The molecule has 1 atom stereocenters. The summed E-state index contributed by atoms with van der Waals surface area (Å²) < 4.78 is 1.90. The van der Waals surface area contributed by atoms with Gasteiger partial charge in [0.1, 0.15) is 11.4 Å². The van der Waals surface area contributed by atoms with Crippen molar-refractivity contribution < 1.29 is 4.79 Å². The smallest absolute Gasteiger partial charge is 0.195 e. The van der Waals surface area contributed by atoms with Crippen molar-refractivity contribution in [1.29, 1.82) is 0 Å². The first-order chi connectivity index (χ1) is 12.7. The van der Waals surface area contributed by atoms with Gasteiger partial charge < -0.3 is 0 Å². The van der Waals surface area contributed by atoms with Crippen molar-refractivity contribution in [3.63, 3.8) is 0 Å². The molecule has 0 N–H and O–H groups in total.